The van der Waals surface area contributed by atoms with E-state index >= 15 is 0 Å². The minimum atomic E-state index is 0.306. The summed E-state index contributed by atoms with van der Waals surface area (Å²) >= 11 is 0. The maximum atomic E-state index is 5.69. The Morgan fingerprint density at radius 1 is 1.28 bits per heavy atom. The van der Waals surface area contributed by atoms with E-state index in [2.05, 4.69) is 28.5 Å². The molecule has 4 nitrogen and oxygen atoms in total. The molecule has 1 fully saturated rings. The Kier molecular flexibility index (Phi) is 3.35. The van der Waals surface area contributed by atoms with Crippen LogP contribution in [0.3, 0.4) is 0 Å². The van der Waals surface area contributed by atoms with E-state index in [0.717, 1.165) is 5.89 Å². The molecule has 1 aromatic rings. The quantitative estimate of drug-likeness (QED) is 0.825. The summed E-state index contributed by atoms with van der Waals surface area (Å²) in [5.41, 5.74) is 1.48. The topological polar surface area (TPSA) is 51.0 Å². The van der Waals surface area contributed by atoms with Crippen LogP contribution in [0.4, 0.5) is 6.01 Å². The van der Waals surface area contributed by atoms with Crippen LogP contribution in [0, 0.1) is 0 Å². The predicted octanol–water partition coefficient (Wildman–Crippen LogP) is 3.64. The van der Waals surface area contributed by atoms with Crippen LogP contribution in [0.15, 0.2) is 16.1 Å². The van der Waals surface area contributed by atoms with Gasteiger partial charge in [0, 0.05) is 12.0 Å². The van der Waals surface area contributed by atoms with E-state index in [9.17, 15) is 0 Å². The Labute approximate surface area is 108 Å². The molecule has 0 unspecified atom stereocenters. The summed E-state index contributed by atoms with van der Waals surface area (Å²) in [6.07, 6.45) is 11.1. The Morgan fingerprint density at radius 2 is 2.17 bits per heavy atom. The summed E-state index contributed by atoms with van der Waals surface area (Å²) in [5.74, 6) is 1.32. The minimum Gasteiger partial charge on any atom is -0.408 e. The number of allylic oxidation sites excluding steroid dienone is 1. The van der Waals surface area contributed by atoms with E-state index in [4.69, 9.17) is 4.42 Å². The highest BCUT2D eigenvalue weighted by Crippen LogP contribution is 2.36. The molecule has 1 saturated carbocycles. The molecular weight excluding hydrogens is 226 g/mol. The molecule has 0 bridgehead atoms. The maximum absolute atomic E-state index is 5.69. The van der Waals surface area contributed by atoms with Gasteiger partial charge >= 0.3 is 6.01 Å². The molecule has 0 saturated heterocycles. The molecule has 1 atom stereocenters. The van der Waals surface area contributed by atoms with Crippen molar-refractivity contribution in [2.75, 3.05) is 5.32 Å². The van der Waals surface area contributed by atoms with Crippen LogP contribution in [0.1, 0.15) is 63.7 Å². The monoisotopic (exact) mass is 247 g/mol. The molecule has 0 radical (unpaired) electrons. The largest absolute Gasteiger partial charge is 0.408 e. The van der Waals surface area contributed by atoms with Crippen LogP contribution in [0.5, 0.6) is 0 Å². The Hall–Kier alpha value is -1.32. The third-order valence-corrected chi connectivity index (χ3v) is 4.12. The van der Waals surface area contributed by atoms with Gasteiger partial charge in [-0.2, -0.15) is 0 Å². The van der Waals surface area contributed by atoms with Gasteiger partial charge in [-0.25, -0.2) is 0 Å². The van der Waals surface area contributed by atoms with Gasteiger partial charge in [0.1, 0.15) is 0 Å². The first kappa shape index (κ1) is 11.8. The Morgan fingerprint density at radius 3 is 2.83 bits per heavy atom. The number of hydrogen-bond donors (Lipinski definition) is 1. The Bertz CT molecular complexity index is 434. The summed E-state index contributed by atoms with van der Waals surface area (Å²) in [7, 11) is 0. The lowest BCUT2D eigenvalue weighted by Gasteiger charge is -2.21. The van der Waals surface area contributed by atoms with Crippen LogP contribution in [0.2, 0.25) is 0 Å². The average Bonchev–Trinajstić information content (AvgIpc) is 2.76. The number of nitrogens with one attached hydrogen (secondary N) is 1. The SMILES string of the molecule is C[C@@H](Nc1nnc(C2CCC2)o1)C1=CCCCC1. The standard InChI is InChI=1S/C14H21N3O/c1-10(11-6-3-2-4-7-11)15-14-17-16-13(18-14)12-8-5-9-12/h6,10,12H,2-5,7-9H2,1H3,(H,15,17)/t10-/m1/s1. The molecule has 1 heterocycles. The van der Waals surface area contributed by atoms with Gasteiger partial charge in [0.2, 0.25) is 5.89 Å². The molecule has 98 valence electrons. The highest BCUT2D eigenvalue weighted by molar-refractivity contribution is 5.27. The van der Waals surface area contributed by atoms with E-state index in [1.54, 1.807) is 0 Å². The van der Waals surface area contributed by atoms with E-state index in [1.807, 2.05) is 0 Å². The summed E-state index contributed by atoms with van der Waals surface area (Å²) in [6, 6.07) is 0.885. The second-order valence-electron chi connectivity index (χ2n) is 5.46. The molecule has 0 amide bonds. The molecule has 1 aromatic heterocycles. The second-order valence-corrected chi connectivity index (χ2v) is 5.46. The molecule has 3 rings (SSSR count). The van der Waals surface area contributed by atoms with Crippen LogP contribution in [0.25, 0.3) is 0 Å². The lowest BCUT2D eigenvalue weighted by molar-refractivity contribution is 0.338. The van der Waals surface area contributed by atoms with Crippen molar-refractivity contribution in [3.8, 4) is 0 Å². The third-order valence-electron chi connectivity index (χ3n) is 4.12. The van der Waals surface area contributed by atoms with E-state index in [0.29, 0.717) is 18.0 Å². The van der Waals surface area contributed by atoms with E-state index in [1.165, 1.54) is 50.5 Å². The van der Waals surface area contributed by atoms with Crippen molar-refractivity contribution in [3.63, 3.8) is 0 Å². The fourth-order valence-electron chi connectivity index (χ4n) is 2.65. The van der Waals surface area contributed by atoms with Gasteiger partial charge in [0.05, 0.1) is 0 Å². The number of nitrogens with zero attached hydrogens (tertiary/aromatic N) is 2. The maximum Gasteiger partial charge on any atom is 0.315 e. The molecule has 0 aromatic carbocycles. The fourth-order valence-corrected chi connectivity index (χ4v) is 2.65. The summed E-state index contributed by atoms with van der Waals surface area (Å²) in [5, 5.41) is 11.6. The van der Waals surface area contributed by atoms with E-state index in [-0.39, 0.29) is 0 Å². The lowest BCUT2D eigenvalue weighted by Crippen LogP contribution is -2.19. The summed E-state index contributed by atoms with van der Waals surface area (Å²) < 4.78 is 5.69. The smallest absolute Gasteiger partial charge is 0.315 e. The summed E-state index contributed by atoms with van der Waals surface area (Å²) in [4.78, 5) is 0. The van der Waals surface area contributed by atoms with Crippen LogP contribution in [-0.4, -0.2) is 16.2 Å². The molecule has 2 aliphatic rings. The third kappa shape index (κ3) is 2.42. The molecule has 18 heavy (non-hydrogen) atoms. The first-order chi connectivity index (χ1) is 8.83. The van der Waals surface area contributed by atoms with Gasteiger partial charge in [0.15, 0.2) is 0 Å². The van der Waals surface area contributed by atoms with Crippen LogP contribution < -0.4 is 5.32 Å². The number of anilines is 1. The highest BCUT2D eigenvalue weighted by Gasteiger charge is 2.25. The van der Waals surface area contributed by atoms with Crippen molar-refractivity contribution in [2.45, 2.75) is 63.8 Å². The number of rotatable bonds is 4. The zero-order valence-electron chi connectivity index (χ0n) is 11.0. The van der Waals surface area contributed by atoms with E-state index < -0.39 is 0 Å². The van der Waals surface area contributed by atoms with Crippen molar-refractivity contribution in [1.29, 1.82) is 0 Å². The zero-order chi connectivity index (χ0) is 12.4. The van der Waals surface area contributed by atoms with Crippen molar-refractivity contribution in [3.05, 3.63) is 17.5 Å². The van der Waals surface area contributed by atoms with Gasteiger partial charge in [-0.15, -0.1) is 5.10 Å². The first-order valence-corrected chi connectivity index (χ1v) is 7.12. The van der Waals surface area contributed by atoms with Gasteiger partial charge in [-0.3, -0.25) is 0 Å². The van der Waals surface area contributed by atoms with Gasteiger partial charge in [-0.1, -0.05) is 23.2 Å². The van der Waals surface area contributed by atoms with Crippen molar-refractivity contribution >= 4 is 6.01 Å². The average molecular weight is 247 g/mol. The van der Waals surface area contributed by atoms with Gasteiger partial charge < -0.3 is 9.73 Å². The molecule has 0 spiro atoms. The summed E-state index contributed by atoms with van der Waals surface area (Å²) in [6.45, 7) is 2.17. The van der Waals surface area contributed by atoms with Gasteiger partial charge in [-0.05, 0) is 45.4 Å². The normalized spacial score (nSPS) is 22.2. The number of aromatic nitrogens is 2. The molecular formula is C14H21N3O. The molecule has 4 heteroatoms. The van der Waals surface area contributed by atoms with Crippen molar-refractivity contribution in [1.82, 2.24) is 10.2 Å². The lowest BCUT2D eigenvalue weighted by atomic mass is 9.85. The molecule has 1 N–H and O–H groups in total. The Balaban J connectivity index is 1.61. The van der Waals surface area contributed by atoms with Crippen LogP contribution >= 0.6 is 0 Å². The second kappa shape index (κ2) is 5.12. The van der Waals surface area contributed by atoms with Crippen molar-refractivity contribution < 1.29 is 4.42 Å². The molecule has 0 aliphatic heterocycles. The fraction of sp³-hybridized carbons (Fsp3) is 0.714. The van der Waals surface area contributed by atoms with Gasteiger partial charge in [0.25, 0.3) is 0 Å². The zero-order valence-corrected chi connectivity index (χ0v) is 11.0. The molecule has 2 aliphatic carbocycles. The predicted molar refractivity (Wildman–Crippen MR) is 70.5 cm³/mol. The number of hydrogen-bond acceptors (Lipinski definition) is 4. The highest BCUT2D eigenvalue weighted by atomic mass is 16.4. The first-order valence-electron chi connectivity index (χ1n) is 7.12. The van der Waals surface area contributed by atoms with Crippen LogP contribution in [-0.2, 0) is 0 Å². The minimum absolute atomic E-state index is 0.306. The van der Waals surface area contributed by atoms with Crippen molar-refractivity contribution in [2.24, 2.45) is 0 Å².